The van der Waals surface area contributed by atoms with Crippen molar-refractivity contribution >= 4 is 29.3 Å². The van der Waals surface area contributed by atoms with Crippen molar-refractivity contribution in [2.75, 3.05) is 49.1 Å². The standard InChI is InChI=1S/C19H25N5O4S/c1-13(2)10-24-18(23-5-7-26-8-6-23)21-22-19(24)29-11-17(25)20-14-3-4-15-16(9-14)28-12-27-15/h3-4,9,13H,5-8,10-12H2,1-2H3,(H,20,25). The number of hydrogen-bond acceptors (Lipinski definition) is 8. The minimum atomic E-state index is -0.110. The lowest BCUT2D eigenvalue weighted by atomic mass is 10.2. The predicted molar refractivity (Wildman–Crippen MR) is 110 cm³/mol. The van der Waals surface area contributed by atoms with E-state index in [1.54, 1.807) is 18.2 Å². The van der Waals surface area contributed by atoms with Crippen molar-refractivity contribution in [2.45, 2.75) is 25.5 Å². The van der Waals surface area contributed by atoms with E-state index in [0.717, 1.165) is 30.7 Å². The fraction of sp³-hybridized carbons (Fsp3) is 0.526. The number of amides is 1. The van der Waals surface area contributed by atoms with Gasteiger partial charge < -0.3 is 24.4 Å². The van der Waals surface area contributed by atoms with E-state index in [9.17, 15) is 4.79 Å². The zero-order chi connectivity index (χ0) is 20.2. The molecule has 1 amide bonds. The van der Waals surface area contributed by atoms with Crippen molar-refractivity contribution in [2.24, 2.45) is 5.92 Å². The van der Waals surface area contributed by atoms with Crippen molar-refractivity contribution in [3.8, 4) is 11.5 Å². The summed E-state index contributed by atoms with van der Waals surface area (Å²) in [7, 11) is 0. The van der Waals surface area contributed by atoms with Gasteiger partial charge in [-0.3, -0.25) is 9.36 Å². The highest BCUT2D eigenvalue weighted by molar-refractivity contribution is 7.99. The number of nitrogens with one attached hydrogen (secondary N) is 1. The number of thioether (sulfide) groups is 1. The second-order valence-corrected chi connectivity index (χ2v) is 8.23. The number of morpholine rings is 1. The number of anilines is 2. The van der Waals surface area contributed by atoms with E-state index >= 15 is 0 Å². The quantitative estimate of drug-likeness (QED) is 0.684. The Morgan fingerprint density at radius 2 is 2.00 bits per heavy atom. The summed E-state index contributed by atoms with van der Waals surface area (Å²) in [6.45, 7) is 8.29. The van der Waals surface area contributed by atoms with Crippen LogP contribution >= 0.6 is 11.8 Å². The van der Waals surface area contributed by atoms with Crippen LogP contribution in [0.4, 0.5) is 11.6 Å². The molecule has 156 valence electrons. The molecule has 0 saturated carbocycles. The van der Waals surface area contributed by atoms with E-state index < -0.39 is 0 Å². The van der Waals surface area contributed by atoms with Crippen LogP contribution in [-0.4, -0.2) is 59.5 Å². The molecule has 9 nitrogen and oxygen atoms in total. The number of ether oxygens (including phenoxy) is 3. The minimum absolute atomic E-state index is 0.110. The molecule has 1 aromatic carbocycles. The summed E-state index contributed by atoms with van der Waals surface area (Å²) in [6.07, 6.45) is 0. The van der Waals surface area contributed by atoms with Crippen LogP contribution in [0.25, 0.3) is 0 Å². The predicted octanol–water partition coefficient (Wildman–Crippen LogP) is 2.23. The first kappa shape index (κ1) is 19.8. The molecule has 0 aliphatic carbocycles. The van der Waals surface area contributed by atoms with Gasteiger partial charge in [0, 0.05) is 31.4 Å². The topological polar surface area (TPSA) is 90.7 Å². The third-order valence-electron chi connectivity index (χ3n) is 4.53. The van der Waals surface area contributed by atoms with Gasteiger partial charge in [-0.2, -0.15) is 0 Å². The summed E-state index contributed by atoms with van der Waals surface area (Å²) in [4.78, 5) is 14.6. The maximum absolute atomic E-state index is 12.4. The lowest BCUT2D eigenvalue weighted by Gasteiger charge is -2.28. The largest absolute Gasteiger partial charge is 0.454 e. The number of carbonyl (C=O) groups excluding carboxylic acids is 1. The molecule has 4 rings (SSSR count). The van der Waals surface area contributed by atoms with E-state index in [1.165, 1.54) is 11.8 Å². The summed E-state index contributed by atoms with van der Waals surface area (Å²) in [6, 6.07) is 5.36. The Morgan fingerprint density at radius 1 is 1.21 bits per heavy atom. The average Bonchev–Trinajstić information content (AvgIpc) is 3.33. The normalized spacial score (nSPS) is 15.8. The Morgan fingerprint density at radius 3 is 2.79 bits per heavy atom. The van der Waals surface area contributed by atoms with Gasteiger partial charge in [0.15, 0.2) is 16.7 Å². The van der Waals surface area contributed by atoms with Gasteiger partial charge in [-0.05, 0) is 18.1 Å². The molecule has 0 radical (unpaired) electrons. The van der Waals surface area contributed by atoms with Gasteiger partial charge in [0.05, 0.1) is 19.0 Å². The summed E-state index contributed by atoms with van der Waals surface area (Å²) < 4.78 is 18.2. The van der Waals surface area contributed by atoms with Crippen molar-refractivity contribution in [3.05, 3.63) is 18.2 Å². The maximum atomic E-state index is 12.4. The molecule has 0 unspecified atom stereocenters. The summed E-state index contributed by atoms with van der Waals surface area (Å²) in [5, 5.41) is 12.4. The minimum Gasteiger partial charge on any atom is -0.454 e. The molecule has 2 aliphatic rings. The SMILES string of the molecule is CC(C)Cn1c(SCC(=O)Nc2ccc3c(c2)OCO3)nnc1N1CCOCC1. The number of benzene rings is 1. The van der Waals surface area contributed by atoms with Crippen LogP contribution in [0.2, 0.25) is 0 Å². The molecule has 2 aliphatic heterocycles. The van der Waals surface area contributed by atoms with Crippen molar-refractivity contribution in [3.63, 3.8) is 0 Å². The van der Waals surface area contributed by atoms with Crippen LogP contribution in [0.3, 0.4) is 0 Å². The van der Waals surface area contributed by atoms with E-state index in [-0.39, 0.29) is 18.5 Å². The number of fused-ring (bicyclic) bond motifs is 1. The first-order chi connectivity index (χ1) is 14.1. The molecule has 29 heavy (non-hydrogen) atoms. The number of aromatic nitrogens is 3. The van der Waals surface area contributed by atoms with Gasteiger partial charge in [-0.15, -0.1) is 10.2 Å². The first-order valence-corrected chi connectivity index (χ1v) is 10.7. The lowest BCUT2D eigenvalue weighted by molar-refractivity contribution is -0.113. The molecule has 0 spiro atoms. The highest BCUT2D eigenvalue weighted by Crippen LogP contribution is 2.34. The number of nitrogens with zero attached hydrogens (tertiary/aromatic N) is 4. The fourth-order valence-corrected chi connectivity index (χ4v) is 3.95. The van der Waals surface area contributed by atoms with Crippen molar-refractivity contribution in [1.29, 1.82) is 0 Å². The van der Waals surface area contributed by atoms with Crippen molar-refractivity contribution < 1.29 is 19.0 Å². The highest BCUT2D eigenvalue weighted by Gasteiger charge is 2.22. The second-order valence-electron chi connectivity index (χ2n) is 7.29. The molecule has 0 atom stereocenters. The summed E-state index contributed by atoms with van der Waals surface area (Å²) >= 11 is 1.39. The van der Waals surface area contributed by atoms with Crippen LogP contribution in [0.15, 0.2) is 23.4 Å². The van der Waals surface area contributed by atoms with E-state index in [1.807, 2.05) is 0 Å². The number of rotatable bonds is 7. The van der Waals surface area contributed by atoms with Crippen LogP contribution in [-0.2, 0) is 16.1 Å². The fourth-order valence-electron chi connectivity index (χ4n) is 3.21. The lowest BCUT2D eigenvalue weighted by Crippen LogP contribution is -2.38. The van der Waals surface area contributed by atoms with E-state index in [4.69, 9.17) is 14.2 Å². The Balaban J connectivity index is 1.40. The second kappa shape index (κ2) is 8.91. The van der Waals surface area contributed by atoms with Gasteiger partial charge in [0.1, 0.15) is 0 Å². The molecule has 10 heteroatoms. The van der Waals surface area contributed by atoms with Crippen LogP contribution < -0.4 is 19.7 Å². The molecule has 2 aromatic rings. The van der Waals surface area contributed by atoms with Gasteiger partial charge in [-0.25, -0.2) is 0 Å². The van der Waals surface area contributed by atoms with E-state index in [0.29, 0.717) is 36.3 Å². The van der Waals surface area contributed by atoms with Gasteiger partial charge in [0.25, 0.3) is 0 Å². The zero-order valence-corrected chi connectivity index (χ0v) is 17.4. The molecular formula is C19H25N5O4S. The molecule has 1 saturated heterocycles. The molecule has 1 N–H and O–H groups in total. The van der Waals surface area contributed by atoms with Crippen LogP contribution in [0, 0.1) is 5.92 Å². The molecule has 3 heterocycles. The Labute approximate surface area is 173 Å². The van der Waals surface area contributed by atoms with Gasteiger partial charge >= 0.3 is 0 Å². The monoisotopic (exact) mass is 419 g/mol. The molecule has 0 bridgehead atoms. The van der Waals surface area contributed by atoms with Crippen molar-refractivity contribution in [1.82, 2.24) is 14.8 Å². The Hall–Kier alpha value is -2.46. The zero-order valence-electron chi connectivity index (χ0n) is 16.6. The third-order valence-corrected chi connectivity index (χ3v) is 5.49. The summed E-state index contributed by atoms with van der Waals surface area (Å²) in [5.41, 5.74) is 0.678. The van der Waals surface area contributed by atoms with Gasteiger partial charge in [0.2, 0.25) is 18.6 Å². The van der Waals surface area contributed by atoms with Crippen LogP contribution in [0.1, 0.15) is 13.8 Å². The summed E-state index contributed by atoms with van der Waals surface area (Å²) in [5.74, 6) is 2.75. The molecule has 1 fully saturated rings. The average molecular weight is 420 g/mol. The number of hydrogen-bond donors (Lipinski definition) is 1. The molecular weight excluding hydrogens is 394 g/mol. The first-order valence-electron chi connectivity index (χ1n) is 9.68. The number of carbonyl (C=O) groups is 1. The maximum Gasteiger partial charge on any atom is 0.234 e. The van der Waals surface area contributed by atoms with Gasteiger partial charge in [-0.1, -0.05) is 25.6 Å². The Kier molecular flexibility index (Phi) is 6.10. The molecule has 1 aromatic heterocycles. The Bertz CT molecular complexity index is 866. The smallest absolute Gasteiger partial charge is 0.234 e. The van der Waals surface area contributed by atoms with Crippen LogP contribution in [0.5, 0.6) is 11.5 Å². The third kappa shape index (κ3) is 4.76. The van der Waals surface area contributed by atoms with E-state index in [2.05, 4.69) is 38.8 Å². The highest BCUT2D eigenvalue weighted by atomic mass is 32.2.